The van der Waals surface area contributed by atoms with E-state index in [2.05, 4.69) is 5.32 Å². The fourth-order valence-corrected chi connectivity index (χ4v) is 4.69. The van der Waals surface area contributed by atoms with Crippen LogP contribution in [0.5, 0.6) is 0 Å². The number of rotatable bonds is 12. The van der Waals surface area contributed by atoms with Crippen LogP contribution < -0.4 is 9.62 Å². The van der Waals surface area contributed by atoms with Gasteiger partial charge in [0.15, 0.2) is 0 Å². The molecular formula is C24H32ClN3O4S. The van der Waals surface area contributed by atoms with Crippen LogP contribution in [0.2, 0.25) is 5.02 Å². The maximum atomic E-state index is 13.2. The molecule has 9 heteroatoms. The Hall–Kier alpha value is -2.58. The number of hydrogen-bond acceptors (Lipinski definition) is 4. The average molecular weight is 494 g/mol. The van der Waals surface area contributed by atoms with Gasteiger partial charge in [-0.2, -0.15) is 0 Å². The van der Waals surface area contributed by atoms with Crippen molar-refractivity contribution in [3.63, 3.8) is 0 Å². The lowest BCUT2D eigenvalue weighted by Crippen LogP contribution is -2.49. The van der Waals surface area contributed by atoms with Crippen molar-refractivity contribution in [2.24, 2.45) is 0 Å². The van der Waals surface area contributed by atoms with Gasteiger partial charge < -0.3 is 10.2 Å². The number of carbonyl (C=O) groups excluding carboxylic acids is 2. The highest BCUT2D eigenvalue weighted by molar-refractivity contribution is 7.92. The van der Waals surface area contributed by atoms with E-state index >= 15 is 0 Å². The lowest BCUT2D eigenvalue weighted by atomic mass is 10.1. The van der Waals surface area contributed by atoms with Gasteiger partial charge >= 0.3 is 0 Å². The van der Waals surface area contributed by atoms with E-state index in [0.717, 1.165) is 11.8 Å². The third kappa shape index (κ3) is 8.05. The Morgan fingerprint density at radius 1 is 1.03 bits per heavy atom. The molecule has 180 valence electrons. The minimum atomic E-state index is -3.54. The van der Waals surface area contributed by atoms with Crippen LogP contribution in [0.4, 0.5) is 5.69 Å². The lowest BCUT2D eigenvalue weighted by Gasteiger charge is -2.31. The molecule has 0 heterocycles. The first-order chi connectivity index (χ1) is 15.7. The number of hydrogen-bond donors (Lipinski definition) is 1. The molecule has 0 spiro atoms. The highest BCUT2D eigenvalue weighted by Gasteiger charge is 2.28. The smallest absolute Gasteiger partial charge is 0.242 e. The SMILES string of the molecule is CCNC(=O)[C@@H](CC)N(Cc1ccccc1)C(=O)CCCN(c1ccc(Cl)cc1)S(C)(=O)=O. The molecule has 33 heavy (non-hydrogen) atoms. The summed E-state index contributed by atoms with van der Waals surface area (Å²) in [5.41, 5.74) is 1.41. The number of nitrogens with one attached hydrogen (secondary N) is 1. The van der Waals surface area contributed by atoms with Gasteiger partial charge in [0, 0.05) is 31.1 Å². The second-order valence-electron chi connectivity index (χ2n) is 7.74. The molecule has 0 saturated heterocycles. The highest BCUT2D eigenvalue weighted by Crippen LogP contribution is 2.21. The molecule has 0 aliphatic carbocycles. The van der Waals surface area contributed by atoms with E-state index in [-0.39, 0.29) is 24.8 Å². The Labute approximate surface area is 201 Å². The van der Waals surface area contributed by atoms with Crippen LogP contribution in [0.3, 0.4) is 0 Å². The Kier molecular flexibility index (Phi) is 10.2. The Bertz CT molecular complexity index is 1010. The van der Waals surface area contributed by atoms with Crippen molar-refractivity contribution in [2.45, 2.75) is 45.7 Å². The van der Waals surface area contributed by atoms with Crippen molar-refractivity contribution < 1.29 is 18.0 Å². The van der Waals surface area contributed by atoms with Gasteiger partial charge in [-0.25, -0.2) is 8.42 Å². The fraction of sp³-hybridized carbons (Fsp3) is 0.417. The Morgan fingerprint density at radius 3 is 2.21 bits per heavy atom. The van der Waals surface area contributed by atoms with E-state index in [1.165, 1.54) is 4.31 Å². The molecule has 2 amide bonds. The van der Waals surface area contributed by atoms with E-state index in [1.54, 1.807) is 29.2 Å². The monoisotopic (exact) mass is 493 g/mol. The summed E-state index contributed by atoms with van der Waals surface area (Å²) >= 11 is 5.92. The summed E-state index contributed by atoms with van der Waals surface area (Å²) in [5, 5.41) is 3.32. The number of benzene rings is 2. The minimum Gasteiger partial charge on any atom is -0.355 e. The summed E-state index contributed by atoms with van der Waals surface area (Å²) in [6.45, 7) is 4.64. The van der Waals surface area contributed by atoms with Crippen LogP contribution in [0.15, 0.2) is 54.6 Å². The largest absolute Gasteiger partial charge is 0.355 e. The van der Waals surface area contributed by atoms with Crippen molar-refractivity contribution >= 4 is 39.1 Å². The lowest BCUT2D eigenvalue weighted by molar-refractivity contribution is -0.141. The highest BCUT2D eigenvalue weighted by atomic mass is 35.5. The number of sulfonamides is 1. The molecule has 0 aliphatic heterocycles. The Balaban J connectivity index is 2.16. The van der Waals surface area contributed by atoms with E-state index in [0.29, 0.717) is 36.6 Å². The van der Waals surface area contributed by atoms with Crippen LogP contribution in [-0.2, 0) is 26.2 Å². The number of halogens is 1. The molecule has 2 rings (SSSR count). The van der Waals surface area contributed by atoms with Gasteiger partial charge in [-0.3, -0.25) is 13.9 Å². The average Bonchev–Trinajstić information content (AvgIpc) is 2.77. The molecule has 0 fully saturated rings. The van der Waals surface area contributed by atoms with E-state index < -0.39 is 16.1 Å². The number of amides is 2. The molecular weight excluding hydrogens is 462 g/mol. The van der Waals surface area contributed by atoms with Crippen LogP contribution >= 0.6 is 11.6 Å². The predicted octanol–water partition coefficient (Wildman–Crippen LogP) is 3.83. The van der Waals surface area contributed by atoms with Gasteiger partial charge in [0.2, 0.25) is 21.8 Å². The van der Waals surface area contributed by atoms with E-state index in [1.807, 2.05) is 44.2 Å². The maximum Gasteiger partial charge on any atom is 0.242 e. The summed E-state index contributed by atoms with van der Waals surface area (Å²) in [6.07, 6.45) is 2.03. The molecule has 1 atom stereocenters. The summed E-state index contributed by atoms with van der Waals surface area (Å²) in [7, 11) is -3.54. The molecule has 0 aliphatic rings. The predicted molar refractivity (Wildman–Crippen MR) is 133 cm³/mol. The van der Waals surface area contributed by atoms with E-state index in [9.17, 15) is 18.0 Å². The normalized spacial score (nSPS) is 12.1. The topological polar surface area (TPSA) is 86.8 Å². The molecule has 1 N–H and O–H groups in total. The third-order valence-corrected chi connectivity index (χ3v) is 6.65. The Morgan fingerprint density at radius 2 is 1.67 bits per heavy atom. The second-order valence-corrected chi connectivity index (χ2v) is 10.1. The first kappa shape index (κ1) is 26.7. The summed E-state index contributed by atoms with van der Waals surface area (Å²) in [6, 6.07) is 15.4. The minimum absolute atomic E-state index is 0.113. The van der Waals surface area contributed by atoms with Crippen molar-refractivity contribution in [3.05, 3.63) is 65.2 Å². The van der Waals surface area contributed by atoms with E-state index in [4.69, 9.17) is 11.6 Å². The second kappa shape index (κ2) is 12.6. The molecule has 2 aromatic carbocycles. The zero-order chi connectivity index (χ0) is 24.4. The van der Waals surface area contributed by atoms with Crippen LogP contribution in [0.1, 0.15) is 38.7 Å². The van der Waals surface area contributed by atoms with Crippen molar-refractivity contribution in [1.29, 1.82) is 0 Å². The number of likely N-dealkylation sites (N-methyl/N-ethyl adjacent to an activating group) is 1. The first-order valence-electron chi connectivity index (χ1n) is 11.0. The molecule has 0 radical (unpaired) electrons. The fourth-order valence-electron chi connectivity index (χ4n) is 3.60. The van der Waals surface area contributed by atoms with Gasteiger partial charge in [0.1, 0.15) is 6.04 Å². The molecule has 0 aromatic heterocycles. The zero-order valence-electron chi connectivity index (χ0n) is 19.3. The summed E-state index contributed by atoms with van der Waals surface area (Å²) in [4.78, 5) is 27.5. The van der Waals surface area contributed by atoms with Crippen LogP contribution in [0.25, 0.3) is 0 Å². The number of carbonyl (C=O) groups is 2. The van der Waals surface area contributed by atoms with Crippen LogP contribution in [-0.4, -0.2) is 50.5 Å². The standard InChI is InChI=1S/C24H32ClN3O4S/c1-4-22(24(30)26-5-2)27(18-19-10-7-6-8-11-19)23(29)12-9-17-28(33(3,31)32)21-15-13-20(25)14-16-21/h6-8,10-11,13-16,22H,4-5,9,12,17-18H2,1-3H3,(H,26,30)/t22-/m1/s1. The molecule has 0 unspecified atom stereocenters. The first-order valence-corrected chi connectivity index (χ1v) is 13.2. The van der Waals surface area contributed by atoms with Gasteiger partial charge in [-0.05, 0) is 49.6 Å². The summed E-state index contributed by atoms with van der Waals surface area (Å²) < 4.78 is 25.9. The summed E-state index contributed by atoms with van der Waals surface area (Å²) in [5.74, 6) is -0.385. The zero-order valence-corrected chi connectivity index (χ0v) is 20.9. The van der Waals surface area contributed by atoms with Gasteiger partial charge in [-0.15, -0.1) is 0 Å². The molecule has 0 bridgehead atoms. The molecule has 0 saturated carbocycles. The molecule has 7 nitrogen and oxygen atoms in total. The van der Waals surface area contributed by atoms with Crippen LogP contribution in [0, 0.1) is 0 Å². The molecule has 2 aromatic rings. The van der Waals surface area contributed by atoms with Gasteiger partial charge in [0.25, 0.3) is 0 Å². The number of anilines is 1. The van der Waals surface area contributed by atoms with Crippen molar-refractivity contribution in [3.8, 4) is 0 Å². The van der Waals surface area contributed by atoms with Gasteiger partial charge in [-0.1, -0.05) is 48.9 Å². The van der Waals surface area contributed by atoms with Gasteiger partial charge in [0.05, 0.1) is 11.9 Å². The third-order valence-electron chi connectivity index (χ3n) is 5.20. The van der Waals surface area contributed by atoms with Crippen molar-refractivity contribution in [1.82, 2.24) is 10.2 Å². The number of nitrogens with zero attached hydrogens (tertiary/aromatic N) is 2. The van der Waals surface area contributed by atoms with Crippen molar-refractivity contribution in [2.75, 3.05) is 23.7 Å². The quantitative estimate of drug-likeness (QED) is 0.486. The maximum absolute atomic E-state index is 13.2.